The molecular formula is C25H21N7O2. The Kier molecular flexibility index (Phi) is 5.49. The molecule has 0 saturated heterocycles. The SMILES string of the molecule is N=c1n(-c2ccccc2)c(N)nc(=O)n1-c1ccc(Oc2ccccc2)c(Cn2cccn2)c1. The molecule has 3 N–H and O–H groups in total. The van der Waals surface area contributed by atoms with Crippen molar-refractivity contribution in [2.75, 3.05) is 5.73 Å². The smallest absolute Gasteiger partial charge is 0.358 e. The lowest BCUT2D eigenvalue weighted by atomic mass is 10.1. The van der Waals surface area contributed by atoms with Crippen molar-refractivity contribution in [3.63, 3.8) is 0 Å². The van der Waals surface area contributed by atoms with Gasteiger partial charge in [-0.05, 0) is 48.5 Å². The number of para-hydroxylation sites is 2. The van der Waals surface area contributed by atoms with Gasteiger partial charge in [0, 0.05) is 18.0 Å². The first kappa shape index (κ1) is 21.0. The van der Waals surface area contributed by atoms with Gasteiger partial charge < -0.3 is 10.5 Å². The van der Waals surface area contributed by atoms with Gasteiger partial charge in [-0.2, -0.15) is 10.1 Å². The molecule has 0 radical (unpaired) electrons. The summed E-state index contributed by atoms with van der Waals surface area (Å²) in [6, 6.07) is 25.7. The van der Waals surface area contributed by atoms with E-state index in [1.807, 2.05) is 60.8 Å². The van der Waals surface area contributed by atoms with E-state index >= 15 is 0 Å². The Morgan fingerprint density at radius 3 is 2.32 bits per heavy atom. The minimum absolute atomic E-state index is 0.0572. The lowest BCUT2D eigenvalue weighted by molar-refractivity contribution is 0.472. The minimum atomic E-state index is -0.642. The second-order valence-electron chi connectivity index (χ2n) is 7.49. The molecule has 0 atom stereocenters. The lowest BCUT2D eigenvalue weighted by Gasteiger charge is -2.16. The largest absolute Gasteiger partial charge is 0.457 e. The molecule has 5 aromatic rings. The summed E-state index contributed by atoms with van der Waals surface area (Å²) in [6.07, 6.45) is 3.54. The summed E-state index contributed by atoms with van der Waals surface area (Å²) in [5.74, 6) is 1.24. The van der Waals surface area contributed by atoms with Crippen LogP contribution in [0.3, 0.4) is 0 Å². The zero-order chi connectivity index (χ0) is 23.5. The molecule has 2 aromatic heterocycles. The van der Waals surface area contributed by atoms with E-state index in [-0.39, 0.29) is 11.6 Å². The summed E-state index contributed by atoms with van der Waals surface area (Å²) in [6.45, 7) is 0.409. The highest BCUT2D eigenvalue weighted by Gasteiger charge is 2.15. The quantitative estimate of drug-likeness (QED) is 0.411. The number of nitrogens with two attached hydrogens (primary N) is 1. The maximum atomic E-state index is 12.8. The molecule has 0 fully saturated rings. The summed E-state index contributed by atoms with van der Waals surface area (Å²) in [5.41, 5.74) is 7.13. The third kappa shape index (κ3) is 4.09. The summed E-state index contributed by atoms with van der Waals surface area (Å²) < 4.78 is 10.5. The van der Waals surface area contributed by atoms with Crippen molar-refractivity contribution in [3.05, 3.63) is 119 Å². The highest BCUT2D eigenvalue weighted by Crippen LogP contribution is 2.27. The van der Waals surface area contributed by atoms with E-state index in [2.05, 4.69) is 10.1 Å². The van der Waals surface area contributed by atoms with E-state index in [0.29, 0.717) is 29.4 Å². The predicted molar refractivity (Wildman–Crippen MR) is 127 cm³/mol. The van der Waals surface area contributed by atoms with Crippen LogP contribution in [-0.2, 0) is 6.54 Å². The molecule has 168 valence electrons. The summed E-state index contributed by atoms with van der Waals surface area (Å²) in [4.78, 5) is 16.8. The normalized spacial score (nSPS) is 10.8. The Labute approximate surface area is 194 Å². The van der Waals surface area contributed by atoms with Gasteiger partial charge in [-0.15, -0.1) is 0 Å². The van der Waals surface area contributed by atoms with Crippen molar-refractivity contribution in [2.24, 2.45) is 0 Å². The number of nitrogens with zero attached hydrogens (tertiary/aromatic N) is 5. The van der Waals surface area contributed by atoms with Gasteiger partial charge in [0.15, 0.2) is 0 Å². The monoisotopic (exact) mass is 451 g/mol. The van der Waals surface area contributed by atoms with Crippen molar-refractivity contribution < 1.29 is 4.74 Å². The van der Waals surface area contributed by atoms with Gasteiger partial charge in [-0.3, -0.25) is 14.7 Å². The number of ether oxygens (including phenoxy) is 1. The zero-order valence-corrected chi connectivity index (χ0v) is 18.1. The molecule has 0 bridgehead atoms. The molecule has 0 saturated carbocycles. The van der Waals surface area contributed by atoms with E-state index in [1.165, 1.54) is 9.13 Å². The van der Waals surface area contributed by atoms with Gasteiger partial charge in [0.2, 0.25) is 11.6 Å². The Hall–Kier alpha value is -4.92. The van der Waals surface area contributed by atoms with Crippen LogP contribution in [0.2, 0.25) is 0 Å². The van der Waals surface area contributed by atoms with Gasteiger partial charge in [0.25, 0.3) is 0 Å². The number of nitrogens with one attached hydrogen (secondary N) is 1. The van der Waals surface area contributed by atoms with Crippen molar-refractivity contribution in [1.29, 1.82) is 5.41 Å². The lowest BCUT2D eigenvalue weighted by Crippen LogP contribution is -2.41. The van der Waals surface area contributed by atoms with Crippen LogP contribution in [0.25, 0.3) is 11.4 Å². The van der Waals surface area contributed by atoms with E-state index in [1.54, 1.807) is 41.2 Å². The Morgan fingerprint density at radius 1 is 0.882 bits per heavy atom. The van der Waals surface area contributed by atoms with Crippen LogP contribution in [0.4, 0.5) is 5.95 Å². The van der Waals surface area contributed by atoms with Gasteiger partial charge >= 0.3 is 5.69 Å². The van der Waals surface area contributed by atoms with Crippen LogP contribution in [-0.4, -0.2) is 23.9 Å². The molecule has 0 aliphatic carbocycles. The molecule has 0 aliphatic rings. The van der Waals surface area contributed by atoms with Gasteiger partial charge in [0.05, 0.1) is 17.9 Å². The topological polar surface area (TPSA) is 117 Å². The molecule has 0 spiro atoms. The Balaban J connectivity index is 1.65. The summed E-state index contributed by atoms with van der Waals surface area (Å²) >= 11 is 0. The molecule has 5 rings (SSSR count). The van der Waals surface area contributed by atoms with E-state index < -0.39 is 5.69 Å². The molecule has 0 unspecified atom stereocenters. The first-order valence-electron chi connectivity index (χ1n) is 10.6. The van der Waals surface area contributed by atoms with E-state index in [0.717, 1.165) is 5.56 Å². The predicted octanol–water partition coefficient (Wildman–Crippen LogP) is 3.12. The molecule has 0 aliphatic heterocycles. The average molecular weight is 451 g/mol. The highest BCUT2D eigenvalue weighted by atomic mass is 16.5. The molecule has 9 nitrogen and oxygen atoms in total. The Morgan fingerprint density at radius 2 is 1.62 bits per heavy atom. The minimum Gasteiger partial charge on any atom is -0.457 e. The van der Waals surface area contributed by atoms with Gasteiger partial charge in [-0.25, -0.2) is 9.36 Å². The maximum absolute atomic E-state index is 12.8. The number of anilines is 1. The molecule has 3 aromatic carbocycles. The number of hydrogen-bond donors (Lipinski definition) is 2. The van der Waals surface area contributed by atoms with Crippen molar-refractivity contribution >= 4 is 5.95 Å². The second kappa shape index (κ2) is 8.91. The maximum Gasteiger partial charge on any atom is 0.358 e. The van der Waals surface area contributed by atoms with Crippen LogP contribution in [0.15, 0.2) is 102 Å². The highest BCUT2D eigenvalue weighted by molar-refractivity contribution is 5.47. The summed E-state index contributed by atoms with van der Waals surface area (Å²) in [7, 11) is 0. The van der Waals surface area contributed by atoms with Crippen LogP contribution < -0.4 is 21.8 Å². The Bertz CT molecular complexity index is 1540. The van der Waals surface area contributed by atoms with Gasteiger partial charge in [-0.1, -0.05) is 36.4 Å². The van der Waals surface area contributed by atoms with E-state index in [4.69, 9.17) is 15.9 Å². The van der Waals surface area contributed by atoms with Crippen molar-refractivity contribution in [3.8, 4) is 22.9 Å². The number of hydrogen-bond acceptors (Lipinski definition) is 6. The molecule has 34 heavy (non-hydrogen) atoms. The standard InChI is InChI=1S/C25H21N7O2/c26-23-29-25(33)32(24(27)31(23)19-8-3-1-4-9-19)20-12-13-22(34-21-10-5-2-6-11-21)18(16-20)17-30-15-7-14-28-30/h1-16,27H,17H2,(H2,26,29,33). The fourth-order valence-corrected chi connectivity index (χ4v) is 3.67. The van der Waals surface area contributed by atoms with Crippen LogP contribution in [0, 0.1) is 5.41 Å². The molecule has 9 heteroatoms. The first-order valence-corrected chi connectivity index (χ1v) is 10.6. The fourth-order valence-electron chi connectivity index (χ4n) is 3.67. The second-order valence-corrected chi connectivity index (χ2v) is 7.49. The van der Waals surface area contributed by atoms with Crippen LogP contribution >= 0.6 is 0 Å². The number of nitrogen functional groups attached to an aromatic ring is 1. The molecule has 2 heterocycles. The third-order valence-corrected chi connectivity index (χ3v) is 5.23. The zero-order valence-electron chi connectivity index (χ0n) is 18.1. The van der Waals surface area contributed by atoms with Crippen LogP contribution in [0.5, 0.6) is 11.5 Å². The third-order valence-electron chi connectivity index (χ3n) is 5.23. The number of benzene rings is 3. The molecule has 0 amide bonds. The first-order chi connectivity index (χ1) is 16.6. The number of aromatic nitrogens is 5. The van der Waals surface area contributed by atoms with Crippen LogP contribution in [0.1, 0.15) is 5.56 Å². The van der Waals surface area contributed by atoms with Gasteiger partial charge in [0.1, 0.15) is 11.5 Å². The fraction of sp³-hybridized carbons (Fsp3) is 0.0400. The van der Waals surface area contributed by atoms with Crippen molar-refractivity contribution in [1.82, 2.24) is 23.9 Å². The number of rotatable bonds is 6. The molecular weight excluding hydrogens is 430 g/mol. The van der Waals surface area contributed by atoms with Crippen molar-refractivity contribution in [2.45, 2.75) is 6.54 Å². The summed E-state index contributed by atoms with van der Waals surface area (Å²) in [5, 5.41) is 13.0. The van der Waals surface area contributed by atoms with E-state index in [9.17, 15) is 4.79 Å². The average Bonchev–Trinajstić information content (AvgIpc) is 3.35.